The van der Waals surface area contributed by atoms with Gasteiger partial charge in [-0.05, 0) is 36.4 Å². The van der Waals surface area contributed by atoms with Crippen LogP contribution in [0.15, 0.2) is 98.8 Å². The summed E-state index contributed by atoms with van der Waals surface area (Å²) in [4.78, 5) is 37.1. The fourth-order valence-corrected chi connectivity index (χ4v) is 4.90. The first kappa shape index (κ1) is 25.2. The number of nitro benzene ring substituents is 1. The summed E-state index contributed by atoms with van der Waals surface area (Å²) in [5.41, 5.74) is 0.236. The summed E-state index contributed by atoms with van der Waals surface area (Å²) in [6, 6.07) is 23.3. The number of aromatic nitrogens is 1. The van der Waals surface area contributed by atoms with Crippen LogP contribution >= 0.6 is 11.3 Å². The molecular formula is C28H18N4O6S. The number of non-ortho nitro benzene ring substituents is 1. The molecule has 0 spiro atoms. The molecule has 3 heterocycles. The number of amides is 1. The molecule has 0 aliphatic carbocycles. The van der Waals surface area contributed by atoms with E-state index in [4.69, 9.17) is 8.83 Å². The molecule has 39 heavy (non-hydrogen) atoms. The lowest BCUT2D eigenvalue weighted by Crippen LogP contribution is -2.33. The standard InChI is InChI=1S/C28H18N4O6S/c29-16-23(26(33)30-17-22-10-5-13-37-22)28-31(19-7-2-1-3-8-19)27(34)25(39-28)15-21-11-12-24(38-21)18-6-4-9-20(14-18)32(35)36/h1-15H,17H2,(H,30,33)/b25-15-,28-23-. The van der Waals surface area contributed by atoms with Crippen molar-refractivity contribution in [3.63, 3.8) is 0 Å². The maximum Gasteiger partial charge on any atom is 0.273 e. The zero-order chi connectivity index (χ0) is 27.4. The lowest BCUT2D eigenvalue weighted by atomic mass is 10.1. The van der Waals surface area contributed by atoms with Crippen LogP contribution in [0.3, 0.4) is 0 Å². The normalized spacial score (nSPS) is 12.1. The van der Waals surface area contributed by atoms with Gasteiger partial charge in [0.25, 0.3) is 17.2 Å². The van der Waals surface area contributed by atoms with Crippen molar-refractivity contribution in [2.75, 3.05) is 0 Å². The van der Waals surface area contributed by atoms with Gasteiger partial charge in [-0.25, -0.2) is 0 Å². The van der Waals surface area contributed by atoms with E-state index in [0.717, 1.165) is 11.3 Å². The van der Waals surface area contributed by atoms with Crippen molar-refractivity contribution in [3.8, 4) is 23.1 Å². The van der Waals surface area contributed by atoms with E-state index < -0.39 is 16.4 Å². The van der Waals surface area contributed by atoms with Crippen LogP contribution in [0.4, 0.5) is 5.69 Å². The summed E-state index contributed by atoms with van der Waals surface area (Å²) < 4.78 is 12.8. The van der Waals surface area contributed by atoms with Crippen molar-refractivity contribution in [2.24, 2.45) is 0 Å². The average Bonchev–Trinajstić information content (AvgIpc) is 3.70. The molecule has 192 valence electrons. The Morgan fingerprint density at radius 2 is 1.92 bits per heavy atom. The molecule has 2 aromatic carbocycles. The largest absolute Gasteiger partial charge is 0.467 e. The first-order valence-electron chi connectivity index (χ1n) is 11.5. The maximum absolute atomic E-state index is 13.5. The number of para-hydroxylation sites is 1. The van der Waals surface area contributed by atoms with Crippen molar-refractivity contribution < 1.29 is 18.6 Å². The van der Waals surface area contributed by atoms with Gasteiger partial charge in [0, 0.05) is 23.8 Å². The average molecular weight is 539 g/mol. The van der Waals surface area contributed by atoms with Gasteiger partial charge in [0.1, 0.15) is 28.0 Å². The number of carbonyl (C=O) groups excluding carboxylic acids is 1. The van der Waals surface area contributed by atoms with Gasteiger partial charge in [0.05, 0.1) is 28.0 Å². The molecule has 0 bridgehead atoms. The molecule has 0 aliphatic rings. The number of thiazole rings is 1. The minimum atomic E-state index is -0.655. The Hall–Kier alpha value is -5.47. The smallest absolute Gasteiger partial charge is 0.273 e. The summed E-state index contributed by atoms with van der Waals surface area (Å²) in [6.45, 7) is 0.0732. The molecule has 5 rings (SSSR count). The fraction of sp³-hybridized carbons (Fsp3) is 0.0357. The highest BCUT2D eigenvalue weighted by atomic mass is 32.1. The predicted octanol–water partition coefficient (Wildman–Crippen LogP) is 3.48. The Bertz CT molecular complexity index is 1890. The van der Waals surface area contributed by atoms with Crippen molar-refractivity contribution in [3.05, 3.63) is 126 Å². The van der Waals surface area contributed by atoms with E-state index in [0.29, 0.717) is 28.5 Å². The van der Waals surface area contributed by atoms with Crippen molar-refractivity contribution in [1.82, 2.24) is 9.88 Å². The number of benzene rings is 2. The van der Waals surface area contributed by atoms with Gasteiger partial charge in [-0.15, -0.1) is 11.3 Å². The molecule has 5 aromatic rings. The summed E-state index contributed by atoms with van der Waals surface area (Å²) in [5.74, 6) is 0.560. The molecule has 3 aromatic heterocycles. The second kappa shape index (κ2) is 10.9. The van der Waals surface area contributed by atoms with Crippen LogP contribution < -0.4 is 20.1 Å². The van der Waals surface area contributed by atoms with Gasteiger partial charge in [-0.3, -0.25) is 24.3 Å². The van der Waals surface area contributed by atoms with Crippen LogP contribution in [-0.2, 0) is 11.3 Å². The van der Waals surface area contributed by atoms with Crippen LogP contribution in [0.25, 0.3) is 28.7 Å². The molecule has 0 aliphatic heterocycles. The Labute approximate surface area is 224 Å². The van der Waals surface area contributed by atoms with E-state index in [-0.39, 0.29) is 27.0 Å². The number of nitriles is 1. The highest BCUT2D eigenvalue weighted by molar-refractivity contribution is 7.07. The Balaban J connectivity index is 1.61. The third kappa shape index (κ3) is 5.31. The molecule has 0 saturated heterocycles. The molecule has 1 N–H and O–H groups in total. The van der Waals surface area contributed by atoms with Crippen LogP contribution in [-0.4, -0.2) is 15.4 Å². The number of nitrogens with zero attached hydrogens (tertiary/aromatic N) is 3. The second-order valence-corrected chi connectivity index (χ2v) is 9.18. The van der Waals surface area contributed by atoms with Crippen molar-refractivity contribution in [2.45, 2.75) is 6.54 Å². The highest BCUT2D eigenvalue weighted by Gasteiger charge is 2.18. The SMILES string of the molecule is N#C/C(C(=O)NCc1ccco1)=c1/s/c(=C\c2ccc(-c3cccc([N+](=O)[O-])c3)o2)c(=O)n1-c1ccccc1. The molecular weight excluding hydrogens is 520 g/mol. The molecule has 0 saturated carbocycles. The van der Waals surface area contributed by atoms with E-state index >= 15 is 0 Å². The first-order chi connectivity index (χ1) is 18.9. The predicted molar refractivity (Wildman–Crippen MR) is 143 cm³/mol. The Morgan fingerprint density at radius 1 is 1.10 bits per heavy atom. The van der Waals surface area contributed by atoms with Gasteiger partial charge < -0.3 is 14.2 Å². The maximum atomic E-state index is 13.5. The number of nitro groups is 1. The monoisotopic (exact) mass is 538 g/mol. The van der Waals surface area contributed by atoms with E-state index in [1.807, 2.05) is 6.07 Å². The fourth-order valence-electron chi connectivity index (χ4n) is 3.81. The van der Waals surface area contributed by atoms with Crippen LogP contribution in [0.5, 0.6) is 0 Å². The van der Waals surface area contributed by atoms with Gasteiger partial charge in [-0.2, -0.15) is 5.26 Å². The lowest BCUT2D eigenvalue weighted by Gasteiger charge is -2.04. The van der Waals surface area contributed by atoms with Gasteiger partial charge in [0.2, 0.25) is 0 Å². The lowest BCUT2D eigenvalue weighted by molar-refractivity contribution is -0.384. The van der Waals surface area contributed by atoms with Gasteiger partial charge >= 0.3 is 0 Å². The minimum Gasteiger partial charge on any atom is -0.467 e. The van der Waals surface area contributed by atoms with Crippen molar-refractivity contribution >= 4 is 34.6 Å². The third-order valence-corrected chi connectivity index (χ3v) is 6.73. The summed E-state index contributed by atoms with van der Waals surface area (Å²) >= 11 is 0.973. The van der Waals surface area contributed by atoms with E-state index in [1.54, 1.807) is 66.7 Å². The molecule has 0 fully saturated rings. The molecule has 0 atom stereocenters. The van der Waals surface area contributed by atoms with Crippen LogP contribution in [0, 0.1) is 21.4 Å². The summed E-state index contributed by atoms with van der Waals surface area (Å²) in [7, 11) is 0. The number of furan rings is 2. The molecule has 11 heteroatoms. The number of hydrogen-bond acceptors (Lipinski definition) is 8. The molecule has 1 amide bonds. The third-order valence-electron chi connectivity index (χ3n) is 5.64. The number of rotatable bonds is 7. The first-order valence-corrected chi connectivity index (χ1v) is 12.3. The van der Waals surface area contributed by atoms with Crippen LogP contribution in [0.1, 0.15) is 11.5 Å². The quantitative estimate of drug-likeness (QED) is 0.247. The summed E-state index contributed by atoms with van der Waals surface area (Å²) in [6.07, 6.45) is 2.98. The topological polar surface area (TPSA) is 144 Å². The number of nitrogens with one attached hydrogen (secondary N) is 1. The van der Waals surface area contributed by atoms with E-state index in [9.17, 15) is 25.0 Å². The Kier molecular flexibility index (Phi) is 7.02. The molecule has 0 radical (unpaired) electrons. The number of hydrogen-bond donors (Lipinski definition) is 1. The molecule has 0 unspecified atom stereocenters. The van der Waals surface area contributed by atoms with Crippen molar-refractivity contribution in [1.29, 1.82) is 5.26 Å². The summed E-state index contributed by atoms with van der Waals surface area (Å²) in [5, 5.41) is 23.7. The molecule has 10 nitrogen and oxygen atoms in total. The van der Waals surface area contributed by atoms with Crippen LogP contribution in [0.2, 0.25) is 0 Å². The van der Waals surface area contributed by atoms with E-state index in [1.165, 1.54) is 29.0 Å². The van der Waals surface area contributed by atoms with E-state index in [2.05, 4.69) is 5.32 Å². The highest BCUT2D eigenvalue weighted by Crippen LogP contribution is 2.26. The number of carbonyl (C=O) groups is 1. The Morgan fingerprint density at radius 3 is 2.64 bits per heavy atom. The second-order valence-electron chi connectivity index (χ2n) is 8.15. The van der Waals surface area contributed by atoms with Gasteiger partial charge in [-0.1, -0.05) is 30.3 Å². The zero-order valence-electron chi connectivity index (χ0n) is 20.1. The zero-order valence-corrected chi connectivity index (χ0v) is 20.9. The van der Waals surface area contributed by atoms with Gasteiger partial charge in [0.15, 0.2) is 5.57 Å². The minimum absolute atomic E-state index is 0.0732.